The van der Waals surface area contributed by atoms with Crippen LogP contribution in [0.2, 0.25) is 5.02 Å². The Morgan fingerprint density at radius 3 is 2.67 bits per heavy atom. The lowest BCUT2D eigenvalue weighted by Crippen LogP contribution is -2.39. The van der Waals surface area contributed by atoms with Gasteiger partial charge in [-0.3, -0.25) is 0 Å². The van der Waals surface area contributed by atoms with E-state index in [0.717, 1.165) is 31.4 Å². The number of hydrogen-bond acceptors (Lipinski definition) is 3. The molecule has 2 heterocycles. The number of benzene rings is 1. The van der Waals surface area contributed by atoms with Gasteiger partial charge in [-0.2, -0.15) is 4.31 Å². The molecular weight excluding hydrogens is 338 g/mol. The van der Waals surface area contributed by atoms with Crippen molar-refractivity contribution in [2.75, 3.05) is 13.1 Å². The molecule has 1 N–H and O–H groups in total. The second-order valence-corrected chi connectivity index (χ2v) is 7.68. The van der Waals surface area contributed by atoms with Gasteiger partial charge in [0.25, 0.3) is 0 Å². The molecule has 21 heavy (non-hydrogen) atoms. The van der Waals surface area contributed by atoms with E-state index in [1.165, 1.54) is 10.4 Å². The highest BCUT2D eigenvalue weighted by atomic mass is 35.5. The number of fused-ring (bicyclic) bond motifs is 2. The molecule has 4 nitrogen and oxygen atoms in total. The lowest BCUT2D eigenvalue weighted by molar-refractivity contribution is 0.383. The van der Waals surface area contributed by atoms with Gasteiger partial charge in [0, 0.05) is 25.2 Å². The molecule has 3 rings (SSSR count). The van der Waals surface area contributed by atoms with Crippen LogP contribution in [0.1, 0.15) is 19.3 Å². The second kappa shape index (κ2) is 6.38. The van der Waals surface area contributed by atoms with Gasteiger partial charge in [0.05, 0.1) is 5.02 Å². The molecule has 0 aromatic heterocycles. The summed E-state index contributed by atoms with van der Waals surface area (Å²) in [5.41, 5.74) is 0. The predicted octanol–water partition coefficient (Wildman–Crippen LogP) is 2.42. The predicted molar refractivity (Wildman–Crippen MR) is 82.0 cm³/mol. The Morgan fingerprint density at radius 2 is 1.95 bits per heavy atom. The van der Waals surface area contributed by atoms with Crippen LogP contribution in [0.3, 0.4) is 0 Å². The SMILES string of the molecule is Cl.O=S(=O)(c1ccc(F)cc1Cl)N1CCC2CCC(C1)N2. The Balaban J connectivity index is 0.00000161. The third-order valence-electron chi connectivity index (χ3n) is 4.00. The molecule has 2 aliphatic rings. The first-order chi connectivity index (χ1) is 9.46. The monoisotopic (exact) mass is 354 g/mol. The summed E-state index contributed by atoms with van der Waals surface area (Å²) in [4.78, 5) is -0.0154. The van der Waals surface area contributed by atoms with E-state index in [2.05, 4.69) is 5.32 Å². The van der Waals surface area contributed by atoms with Crippen molar-refractivity contribution in [2.45, 2.75) is 36.2 Å². The van der Waals surface area contributed by atoms with Crippen molar-refractivity contribution in [1.82, 2.24) is 9.62 Å². The molecule has 2 fully saturated rings. The molecule has 1 aromatic carbocycles. The third-order valence-corrected chi connectivity index (χ3v) is 6.35. The highest BCUT2D eigenvalue weighted by molar-refractivity contribution is 7.89. The minimum absolute atomic E-state index is 0. The molecule has 0 spiro atoms. The molecule has 2 bridgehead atoms. The van der Waals surface area contributed by atoms with Crippen molar-refractivity contribution in [3.63, 3.8) is 0 Å². The Hall–Kier alpha value is -0.400. The highest BCUT2D eigenvalue weighted by Gasteiger charge is 2.35. The van der Waals surface area contributed by atoms with Gasteiger partial charge in [0.15, 0.2) is 0 Å². The molecule has 1 aromatic rings. The van der Waals surface area contributed by atoms with E-state index in [0.29, 0.717) is 19.1 Å². The van der Waals surface area contributed by atoms with Gasteiger partial charge < -0.3 is 5.32 Å². The average Bonchev–Trinajstić information content (AvgIpc) is 2.67. The standard InChI is InChI=1S/C13H16ClFN2O2S.ClH/c14-12-7-9(15)1-4-13(12)20(18,19)17-6-5-10-2-3-11(8-17)16-10;/h1,4,7,10-11,16H,2-3,5-6,8H2;1H. The first-order valence-electron chi connectivity index (χ1n) is 6.68. The van der Waals surface area contributed by atoms with Crippen molar-refractivity contribution in [3.8, 4) is 0 Å². The zero-order valence-electron chi connectivity index (χ0n) is 11.3. The second-order valence-electron chi connectivity index (χ2n) is 5.36. The van der Waals surface area contributed by atoms with E-state index in [9.17, 15) is 12.8 Å². The molecule has 0 radical (unpaired) electrons. The lowest BCUT2D eigenvalue weighted by atomic mass is 10.1. The maximum Gasteiger partial charge on any atom is 0.244 e. The molecule has 8 heteroatoms. The van der Waals surface area contributed by atoms with Gasteiger partial charge in [-0.15, -0.1) is 12.4 Å². The topological polar surface area (TPSA) is 49.4 Å². The van der Waals surface area contributed by atoms with Gasteiger partial charge in [-0.25, -0.2) is 12.8 Å². The van der Waals surface area contributed by atoms with Crippen LogP contribution in [-0.4, -0.2) is 37.9 Å². The molecule has 2 aliphatic heterocycles. The van der Waals surface area contributed by atoms with Crippen molar-refractivity contribution >= 4 is 34.0 Å². The van der Waals surface area contributed by atoms with Gasteiger partial charge in [0.1, 0.15) is 10.7 Å². The zero-order valence-corrected chi connectivity index (χ0v) is 13.6. The summed E-state index contributed by atoms with van der Waals surface area (Å²) in [6.07, 6.45) is 2.90. The van der Waals surface area contributed by atoms with Gasteiger partial charge in [-0.1, -0.05) is 11.6 Å². The van der Waals surface area contributed by atoms with E-state index < -0.39 is 15.8 Å². The fraction of sp³-hybridized carbons (Fsp3) is 0.538. The first-order valence-corrected chi connectivity index (χ1v) is 8.50. The lowest BCUT2D eigenvalue weighted by Gasteiger charge is -2.24. The van der Waals surface area contributed by atoms with E-state index in [1.54, 1.807) is 0 Å². The summed E-state index contributed by atoms with van der Waals surface area (Å²) in [5, 5.41) is 3.37. The van der Waals surface area contributed by atoms with Crippen LogP contribution in [-0.2, 0) is 10.0 Å². The van der Waals surface area contributed by atoms with Crippen molar-refractivity contribution in [3.05, 3.63) is 29.0 Å². The Morgan fingerprint density at radius 1 is 1.24 bits per heavy atom. The molecular formula is C13H17Cl2FN2O2S. The number of rotatable bonds is 2. The number of sulfonamides is 1. The molecule has 0 amide bonds. The Kier molecular flexibility index (Phi) is 5.15. The minimum atomic E-state index is -3.66. The fourth-order valence-electron chi connectivity index (χ4n) is 2.95. The van der Waals surface area contributed by atoms with Crippen LogP contribution >= 0.6 is 24.0 Å². The molecule has 2 atom stereocenters. The number of nitrogens with one attached hydrogen (secondary N) is 1. The van der Waals surface area contributed by atoms with Gasteiger partial charge in [0.2, 0.25) is 10.0 Å². The quantitative estimate of drug-likeness (QED) is 0.887. The van der Waals surface area contributed by atoms with Crippen LogP contribution in [0.5, 0.6) is 0 Å². The molecule has 0 aliphatic carbocycles. The van der Waals surface area contributed by atoms with E-state index in [4.69, 9.17) is 11.6 Å². The summed E-state index contributed by atoms with van der Waals surface area (Å²) < 4.78 is 39.8. The Labute approximate surface area is 135 Å². The number of halogens is 3. The molecule has 2 unspecified atom stereocenters. The smallest absolute Gasteiger partial charge is 0.244 e. The van der Waals surface area contributed by atoms with Crippen LogP contribution in [0.15, 0.2) is 23.1 Å². The maximum atomic E-state index is 13.1. The van der Waals surface area contributed by atoms with Crippen LogP contribution in [0, 0.1) is 5.82 Å². The van der Waals surface area contributed by atoms with Crippen LogP contribution < -0.4 is 5.32 Å². The summed E-state index contributed by atoms with van der Waals surface area (Å²) in [5.74, 6) is -0.537. The van der Waals surface area contributed by atoms with E-state index in [1.807, 2.05) is 0 Å². The summed E-state index contributed by atoms with van der Waals surface area (Å²) in [6.45, 7) is 0.927. The normalized spacial score (nSPS) is 26.2. The summed E-state index contributed by atoms with van der Waals surface area (Å²) >= 11 is 5.89. The van der Waals surface area contributed by atoms with E-state index >= 15 is 0 Å². The molecule has 2 saturated heterocycles. The fourth-order valence-corrected chi connectivity index (χ4v) is 4.96. The highest BCUT2D eigenvalue weighted by Crippen LogP contribution is 2.29. The van der Waals surface area contributed by atoms with Crippen molar-refractivity contribution in [2.24, 2.45) is 0 Å². The number of hydrogen-bond donors (Lipinski definition) is 1. The average molecular weight is 355 g/mol. The maximum absolute atomic E-state index is 13.1. The first kappa shape index (κ1) is 17.0. The minimum Gasteiger partial charge on any atom is -0.310 e. The van der Waals surface area contributed by atoms with Gasteiger partial charge in [-0.05, 0) is 37.5 Å². The van der Waals surface area contributed by atoms with Crippen LogP contribution in [0.25, 0.3) is 0 Å². The summed E-state index contributed by atoms with van der Waals surface area (Å²) in [7, 11) is -3.66. The molecule has 0 saturated carbocycles. The molecule has 118 valence electrons. The zero-order chi connectivity index (χ0) is 14.3. The van der Waals surface area contributed by atoms with Gasteiger partial charge >= 0.3 is 0 Å². The Bertz CT molecular complexity index is 627. The third kappa shape index (κ3) is 3.35. The van der Waals surface area contributed by atoms with E-state index in [-0.39, 0.29) is 28.4 Å². The largest absolute Gasteiger partial charge is 0.310 e. The van der Waals surface area contributed by atoms with Crippen LogP contribution in [0.4, 0.5) is 4.39 Å². The van der Waals surface area contributed by atoms with Crippen molar-refractivity contribution in [1.29, 1.82) is 0 Å². The van der Waals surface area contributed by atoms with Crippen molar-refractivity contribution < 1.29 is 12.8 Å². The number of nitrogens with zero attached hydrogens (tertiary/aromatic N) is 1. The summed E-state index contributed by atoms with van der Waals surface area (Å²) in [6, 6.07) is 4.02.